The zero-order chi connectivity index (χ0) is 27.2. The second-order valence-electron chi connectivity index (χ2n) is 10.5. The quantitative estimate of drug-likeness (QED) is 0.496. The largest absolute Gasteiger partial charge is 0.468 e. The Bertz CT molecular complexity index is 1580. The summed E-state index contributed by atoms with van der Waals surface area (Å²) in [5.74, 6) is -1.19. The van der Waals surface area contributed by atoms with Crippen molar-refractivity contribution in [3.8, 4) is 0 Å². The van der Waals surface area contributed by atoms with E-state index in [-0.39, 0.29) is 23.3 Å². The molecule has 1 aliphatic heterocycles. The number of aromatic nitrogens is 2. The summed E-state index contributed by atoms with van der Waals surface area (Å²) in [6, 6.07) is 16.4. The van der Waals surface area contributed by atoms with E-state index < -0.39 is 29.7 Å². The molecule has 1 N–H and O–H groups in total. The van der Waals surface area contributed by atoms with Crippen molar-refractivity contribution in [2.45, 2.75) is 45.7 Å². The Kier molecular flexibility index (Phi) is 6.61. The Hall–Kier alpha value is -3.91. The monoisotopic (exact) mass is 533 g/mol. The number of ether oxygens (including phenoxy) is 1. The lowest BCUT2D eigenvalue weighted by Crippen LogP contribution is -2.47. The molecule has 1 atom stereocenters. The third kappa shape index (κ3) is 4.60. The van der Waals surface area contributed by atoms with Crippen molar-refractivity contribution in [2.75, 3.05) is 12.4 Å². The number of carbonyl (C=O) groups excluding carboxylic acids is 2. The van der Waals surface area contributed by atoms with Crippen LogP contribution < -0.4 is 16.6 Å². The minimum Gasteiger partial charge on any atom is -0.468 e. The van der Waals surface area contributed by atoms with Gasteiger partial charge in [-0.2, -0.15) is 0 Å². The first-order valence-corrected chi connectivity index (χ1v) is 12.7. The van der Waals surface area contributed by atoms with E-state index in [1.165, 1.54) is 11.7 Å². The number of rotatable bonds is 5. The third-order valence-corrected chi connectivity index (χ3v) is 7.38. The lowest BCUT2D eigenvalue weighted by Gasteiger charge is -2.39. The molecule has 2 heterocycles. The molecule has 0 radical (unpaired) electrons. The fourth-order valence-electron chi connectivity index (χ4n) is 5.42. The SMILES string of the molecule is COC(=O)Cn1c(=O)c2c(n(Cc3ccccc3)c1=O)NC1=C(C(=O)CC(C)(C)C1)[C@H]2c1ccc(Cl)cc1. The van der Waals surface area contributed by atoms with Crippen LogP contribution in [0.2, 0.25) is 5.02 Å². The van der Waals surface area contributed by atoms with Gasteiger partial charge in [0.05, 0.1) is 19.2 Å². The molecule has 38 heavy (non-hydrogen) atoms. The highest BCUT2D eigenvalue weighted by Crippen LogP contribution is 2.48. The number of Topliss-reactive ketones (excluding diaryl/α,β-unsaturated/α-hetero) is 1. The van der Waals surface area contributed by atoms with E-state index >= 15 is 0 Å². The molecule has 1 aromatic heterocycles. The molecule has 0 bridgehead atoms. The van der Waals surface area contributed by atoms with E-state index in [0.717, 1.165) is 10.1 Å². The van der Waals surface area contributed by atoms with E-state index in [1.54, 1.807) is 24.3 Å². The molecule has 0 fully saturated rings. The van der Waals surface area contributed by atoms with E-state index in [9.17, 15) is 19.2 Å². The summed E-state index contributed by atoms with van der Waals surface area (Å²) in [4.78, 5) is 53.6. The van der Waals surface area contributed by atoms with Crippen LogP contribution in [-0.4, -0.2) is 28.0 Å². The molecule has 1 aliphatic carbocycles. The summed E-state index contributed by atoms with van der Waals surface area (Å²) >= 11 is 6.17. The van der Waals surface area contributed by atoms with Gasteiger partial charge in [0.2, 0.25) is 0 Å². The number of halogens is 1. The maximum Gasteiger partial charge on any atom is 0.333 e. The molecule has 0 saturated carbocycles. The minimum atomic E-state index is -0.735. The molecular weight excluding hydrogens is 506 g/mol. The first-order chi connectivity index (χ1) is 18.1. The van der Waals surface area contributed by atoms with Crippen molar-refractivity contribution in [3.63, 3.8) is 0 Å². The molecule has 2 aromatic carbocycles. The minimum absolute atomic E-state index is 0.0610. The summed E-state index contributed by atoms with van der Waals surface area (Å²) in [5, 5.41) is 3.85. The number of esters is 1. The number of allylic oxidation sites excluding steroid dienone is 2. The van der Waals surface area contributed by atoms with Crippen molar-refractivity contribution in [1.82, 2.24) is 9.13 Å². The normalized spacial score (nSPS) is 17.9. The third-order valence-electron chi connectivity index (χ3n) is 7.13. The maximum absolute atomic E-state index is 14.0. The van der Waals surface area contributed by atoms with Gasteiger partial charge in [-0.05, 0) is 35.1 Å². The molecule has 0 unspecified atom stereocenters. The molecule has 196 valence electrons. The highest BCUT2D eigenvalue weighted by Gasteiger charge is 2.43. The van der Waals surface area contributed by atoms with E-state index in [2.05, 4.69) is 5.32 Å². The van der Waals surface area contributed by atoms with Crippen molar-refractivity contribution < 1.29 is 14.3 Å². The topological polar surface area (TPSA) is 99.4 Å². The average molecular weight is 534 g/mol. The lowest BCUT2D eigenvalue weighted by atomic mass is 9.69. The van der Waals surface area contributed by atoms with Crippen LogP contribution in [0.3, 0.4) is 0 Å². The average Bonchev–Trinajstić information content (AvgIpc) is 2.88. The van der Waals surface area contributed by atoms with Gasteiger partial charge in [0.15, 0.2) is 5.78 Å². The molecule has 0 amide bonds. The van der Waals surface area contributed by atoms with Crippen molar-refractivity contribution in [1.29, 1.82) is 0 Å². The molecule has 2 aliphatic rings. The van der Waals surface area contributed by atoms with Gasteiger partial charge >= 0.3 is 11.7 Å². The summed E-state index contributed by atoms with van der Waals surface area (Å²) in [7, 11) is 1.20. The van der Waals surface area contributed by atoms with Crippen LogP contribution >= 0.6 is 11.6 Å². The summed E-state index contributed by atoms with van der Waals surface area (Å²) in [6.45, 7) is 3.66. The fourth-order valence-corrected chi connectivity index (χ4v) is 5.54. The van der Waals surface area contributed by atoms with E-state index in [0.29, 0.717) is 40.5 Å². The van der Waals surface area contributed by atoms with Gasteiger partial charge in [0, 0.05) is 28.6 Å². The highest BCUT2D eigenvalue weighted by atomic mass is 35.5. The summed E-state index contributed by atoms with van der Waals surface area (Å²) in [5.41, 5.74) is 1.39. The summed E-state index contributed by atoms with van der Waals surface area (Å²) in [6.07, 6.45) is 0.898. The fraction of sp³-hybridized carbons (Fsp3) is 0.310. The Balaban J connectivity index is 1.83. The Labute approximate surface area is 224 Å². The van der Waals surface area contributed by atoms with E-state index in [4.69, 9.17) is 16.3 Å². The Morgan fingerprint density at radius 2 is 1.71 bits per heavy atom. The Morgan fingerprint density at radius 3 is 2.37 bits per heavy atom. The maximum atomic E-state index is 14.0. The van der Waals surface area contributed by atoms with Gasteiger partial charge in [0.25, 0.3) is 5.56 Å². The number of benzene rings is 2. The Morgan fingerprint density at radius 1 is 1.03 bits per heavy atom. The second kappa shape index (κ2) is 9.76. The number of hydrogen-bond donors (Lipinski definition) is 1. The van der Waals surface area contributed by atoms with Gasteiger partial charge in [-0.1, -0.05) is 67.9 Å². The number of carbonyl (C=O) groups is 2. The van der Waals surface area contributed by atoms with Crippen LogP contribution in [0.15, 0.2) is 75.5 Å². The predicted molar refractivity (Wildman–Crippen MR) is 144 cm³/mol. The predicted octanol–water partition coefficient (Wildman–Crippen LogP) is 4.09. The molecular formula is C29H28ClN3O5. The smallest absolute Gasteiger partial charge is 0.333 e. The van der Waals surface area contributed by atoms with Gasteiger partial charge < -0.3 is 10.1 Å². The van der Waals surface area contributed by atoms with Crippen LogP contribution in [-0.2, 0) is 27.4 Å². The molecule has 0 saturated heterocycles. The molecule has 8 nitrogen and oxygen atoms in total. The highest BCUT2D eigenvalue weighted by molar-refractivity contribution is 6.30. The zero-order valence-electron chi connectivity index (χ0n) is 21.4. The first kappa shape index (κ1) is 25.7. The van der Waals surface area contributed by atoms with Gasteiger partial charge in [-0.3, -0.25) is 19.0 Å². The lowest BCUT2D eigenvalue weighted by molar-refractivity contribution is -0.141. The van der Waals surface area contributed by atoms with Crippen molar-refractivity contribution in [3.05, 3.63) is 108 Å². The molecule has 3 aromatic rings. The number of methoxy groups -OCH3 is 1. The van der Waals surface area contributed by atoms with Crippen molar-refractivity contribution in [2.24, 2.45) is 5.41 Å². The van der Waals surface area contributed by atoms with Crippen molar-refractivity contribution >= 4 is 29.2 Å². The number of nitrogens with zero attached hydrogens (tertiary/aromatic N) is 2. The van der Waals surface area contributed by atoms with E-state index in [1.807, 2.05) is 44.2 Å². The first-order valence-electron chi connectivity index (χ1n) is 12.4. The standard InChI is InChI=1S/C29H28ClN3O5/c1-29(2)13-20-24(21(34)14-29)23(18-9-11-19(30)12-10-18)25-26(31-20)32(15-17-7-5-4-6-8-17)28(37)33(27(25)36)16-22(35)38-3/h4-12,23,31H,13-16H2,1-3H3/t23-/m1/s1. The number of nitrogens with one attached hydrogen (secondary N) is 1. The van der Waals surface area contributed by atoms with Gasteiger partial charge in [-0.15, -0.1) is 0 Å². The molecule has 5 rings (SSSR count). The number of ketones is 1. The molecule has 9 heteroatoms. The molecule has 0 spiro atoms. The van der Waals surface area contributed by atoms with Crippen LogP contribution in [0.5, 0.6) is 0 Å². The second-order valence-corrected chi connectivity index (χ2v) is 11.0. The number of fused-ring (bicyclic) bond motifs is 1. The van der Waals surface area contributed by atoms with Crippen LogP contribution in [0.1, 0.15) is 49.3 Å². The zero-order valence-corrected chi connectivity index (χ0v) is 22.2. The van der Waals surface area contributed by atoms with Crippen LogP contribution in [0, 0.1) is 5.41 Å². The summed E-state index contributed by atoms with van der Waals surface area (Å²) < 4.78 is 7.13. The van der Waals surface area contributed by atoms with Crippen LogP contribution in [0.25, 0.3) is 0 Å². The van der Waals surface area contributed by atoms with Crippen LogP contribution in [0.4, 0.5) is 5.82 Å². The van der Waals surface area contributed by atoms with Gasteiger partial charge in [-0.25, -0.2) is 9.36 Å². The van der Waals surface area contributed by atoms with Gasteiger partial charge in [0.1, 0.15) is 12.4 Å². The number of anilines is 1. The number of hydrogen-bond acceptors (Lipinski definition) is 6.